The Morgan fingerprint density at radius 2 is 1.82 bits per heavy atom. The smallest absolute Gasteiger partial charge is 0.253 e. The van der Waals surface area contributed by atoms with Gasteiger partial charge in [-0.3, -0.25) is 9.36 Å². The first kappa shape index (κ1) is 18.6. The van der Waals surface area contributed by atoms with Crippen LogP contribution in [0.1, 0.15) is 32.4 Å². The quantitative estimate of drug-likeness (QED) is 0.688. The monoisotopic (exact) mass is 394 g/mol. The van der Waals surface area contributed by atoms with Crippen molar-refractivity contribution >= 4 is 34.5 Å². The van der Waals surface area contributed by atoms with Crippen LogP contribution in [0.4, 0.5) is 5.95 Å². The molecular formula is C22H23ClN4O. The standard InChI is InChI=1S/C22H23ClN4O/c1-4-26(5-2)21(28)19-14(3)24-22-25-17-8-6-7-9-18(17)27(22)20(19)15-10-12-16(23)13-11-15/h6-13,20H,4-5H2,1-3H3,(H,24,25)/t20-/m0/s1. The molecule has 0 saturated heterocycles. The molecule has 1 aromatic heterocycles. The van der Waals surface area contributed by atoms with Crippen molar-refractivity contribution in [3.63, 3.8) is 0 Å². The third kappa shape index (κ3) is 2.96. The summed E-state index contributed by atoms with van der Waals surface area (Å²) in [5.41, 5.74) is 4.46. The maximum absolute atomic E-state index is 13.5. The van der Waals surface area contributed by atoms with Gasteiger partial charge in [0.1, 0.15) is 0 Å². The highest BCUT2D eigenvalue weighted by Crippen LogP contribution is 2.39. The first-order valence-corrected chi connectivity index (χ1v) is 9.92. The maximum atomic E-state index is 13.5. The molecule has 0 unspecified atom stereocenters. The number of hydrogen-bond donors (Lipinski definition) is 1. The van der Waals surface area contributed by atoms with Gasteiger partial charge in [-0.1, -0.05) is 35.9 Å². The van der Waals surface area contributed by atoms with Gasteiger partial charge in [0.25, 0.3) is 5.91 Å². The molecule has 1 aliphatic rings. The molecule has 3 aromatic rings. The number of likely N-dealkylation sites (N-methyl/N-ethyl adjacent to an activating group) is 1. The topological polar surface area (TPSA) is 50.2 Å². The van der Waals surface area contributed by atoms with Gasteiger partial charge in [0, 0.05) is 23.8 Å². The lowest BCUT2D eigenvalue weighted by atomic mass is 9.94. The number of aromatic nitrogens is 2. The van der Waals surface area contributed by atoms with Gasteiger partial charge in [-0.2, -0.15) is 0 Å². The zero-order valence-corrected chi connectivity index (χ0v) is 17.0. The molecule has 28 heavy (non-hydrogen) atoms. The molecule has 5 nitrogen and oxygen atoms in total. The fourth-order valence-electron chi connectivity index (χ4n) is 3.88. The van der Waals surface area contributed by atoms with Gasteiger partial charge in [0.15, 0.2) is 0 Å². The second-order valence-electron chi connectivity index (χ2n) is 6.89. The number of rotatable bonds is 4. The van der Waals surface area contributed by atoms with E-state index in [4.69, 9.17) is 16.6 Å². The van der Waals surface area contributed by atoms with E-state index in [9.17, 15) is 4.79 Å². The fraction of sp³-hybridized carbons (Fsp3) is 0.273. The van der Waals surface area contributed by atoms with Crippen molar-refractivity contribution < 1.29 is 4.79 Å². The van der Waals surface area contributed by atoms with Crippen LogP contribution in [0.5, 0.6) is 0 Å². The van der Waals surface area contributed by atoms with Crippen LogP contribution in [0.2, 0.25) is 5.02 Å². The van der Waals surface area contributed by atoms with Gasteiger partial charge < -0.3 is 10.2 Å². The molecule has 0 saturated carbocycles. The minimum atomic E-state index is -0.269. The number of anilines is 1. The summed E-state index contributed by atoms with van der Waals surface area (Å²) in [6.07, 6.45) is 0. The highest BCUT2D eigenvalue weighted by Gasteiger charge is 2.35. The van der Waals surface area contributed by atoms with E-state index in [1.165, 1.54) is 0 Å². The SMILES string of the molecule is CCN(CC)C(=O)C1=C(C)Nc2nc3ccccc3n2[C@H]1c1ccc(Cl)cc1. The van der Waals surface area contributed by atoms with Crippen LogP contribution in [-0.4, -0.2) is 33.4 Å². The maximum Gasteiger partial charge on any atom is 0.253 e. The predicted octanol–water partition coefficient (Wildman–Crippen LogP) is 4.85. The van der Waals surface area contributed by atoms with E-state index in [0.717, 1.165) is 33.8 Å². The van der Waals surface area contributed by atoms with Crippen LogP contribution in [0.15, 0.2) is 59.8 Å². The van der Waals surface area contributed by atoms with Gasteiger partial charge in [-0.15, -0.1) is 0 Å². The van der Waals surface area contributed by atoms with Gasteiger partial charge in [-0.05, 0) is 50.6 Å². The first-order chi connectivity index (χ1) is 13.5. The summed E-state index contributed by atoms with van der Waals surface area (Å²) >= 11 is 6.13. The summed E-state index contributed by atoms with van der Waals surface area (Å²) in [5.74, 6) is 0.785. The first-order valence-electron chi connectivity index (χ1n) is 9.54. The number of allylic oxidation sites excluding steroid dienone is 1. The van der Waals surface area contributed by atoms with Crippen molar-refractivity contribution in [1.82, 2.24) is 14.5 Å². The minimum absolute atomic E-state index is 0.0402. The van der Waals surface area contributed by atoms with Crippen LogP contribution >= 0.6 is 11.6 Å². The van der Waals surface area contributed by atoms with Gasteiger partial charge in [0.2, 0.25) is 5.95 Å². The summed E-state index contributed by atoms with van der Waals surface area (Å²) in [4.78, 5) is 20.1. The summed E-state index contributed by atoms with van der Waals surface area (Å²) in [5, 5.41) is 4.02. The molecule has 0 spiro atoms. The van der Waals surface area contributed by atoms with E-state index >= 15 is 0 Å². The van der Waals surface area contributed by atoms with Crippen molar-refractivity contribution in [3.8, 4) is 0 Å². The van der Waals surface area contributed by atoms with Crippen LogP contribution < -0.4 is 5.32 Å². The van der Waals surface area contributed by atoms with Crippen LogP contribution in [0.25, 0.3) is 11.0 Å². The van der Waals surface area contributed by atoms with Crippen molar-refractivity contribution in [2.24, 2.45) is 0 Å². The molecule has 0 bridgehead atoms. The average molecular weight is 395 g/mol. The Morgan fingerprint density at radius 3 is 2.50 bits per heavy atom. The largest absolute Gasteiger partial charge is 0.339 e. The number of fused-ring (bicyclic) bond motifs is 3. The molecule has 1 N–H and O–H groups in total. The molecule has 0 radical (unpaired) electrons. The number of hydrogen-bond acceptors (Lipinski definition) is 3. The number of halogens is 1. The lowest BCUT2D eigenvalue weighted by molar-refractivity contribution is -0.127. The number of nitrogens with zero attached hydrogens (tertiary/aromatic N) is 3. The van der Waals surface area contributed by atoms with Crippen molar-refractivity contribution in [2.75, 3.05) is 18.4 Å². The molecule has 0 aliphatic carbocycles. The highest BCUT2D eigenvalue weighted by atomic mass is 35.5. The fourth-order valence-corrected chi connectivity index (χ4v) is 4.01. The third-order valence-electron chi connectivity index (χ3n) is 5.30. The Bertz CT molecular complexity index is 1060. The molecule has 2 heterocycles. The summed E-state index contributed by atoms with van der Waals surface area (Å²) in [7, 11) is 0. The zero-order chi connectivity index (χ0) is 19.8. The van der Waals surface area contributed by atoms with E-state index in [0.29, 0.717) is 18.1 Å². The Balaban J connectivity index is 1.96. The molecule has 2 aromatic carbocycles. The summed E-state index contributed by atoms with van der Waals surface area (Å²) in [6, 6.07) is 15.4. The van der Waals surface area contributed by atoms with Crippen LogP contribution in [0, 0.1) is 0 Å². The van der Waals surface area contributed by atoms with E-state index in [2.05, 4.69) is 9.88 Å². The number of carbonyl (C=O) groups is 1. The van der Waals surface area contributed by atoms with Crippen molar-refractivity contribution in [2.45, 2.75) is 26.8 Å². The number of nitrogens with one attached hydrogen (secondary N) is 1. The van der Waals surface area contributed by atoms with E-state index in [1.807, 2.05) is 74.2 Å². The van der Waals surface area contributed by atoms with E-state index in [1.54, 1.807) is 0 Å². The third-order valence-corrected chi connectivity index (χ3v) is 5.55. The van der Waals surface area contributed by atoms with Gasteiger partial charge >= 0.3 is 0 Å². The minimum Gasteiger partial charge on any atom is -0.339 e. The molecule has 6 heteroatoms. The summed E-state index contributed by atoms with van der Waals surface area (Å²) in [6.45, 7) is 7.28. The predicted molar refractivity (Wildman–Crippen MR) is 114 cm³/mol. The van der Waals surface area contributed by atoms with Gasteiger partial charge in [-0.25, -0.2) is 4.98 Å². The molecule has 1 aliphatic heterocycles. The molecule has 1 amide bonds. The van der Waals surface area contributed by atoms with E-state index < -0.39 is 0 Å². The number of carbonyl (C=O) groups excluding carboxylic acids is 1. The molecule has 4 rings (SSSR count). The molecular weight excluding hydrogens is 372 g/mol. The average Bonchev–Trinajstić information content (AvgIpc) is 3.06. The highest BCUT2D eigenvalue weighted by molar-refractivity contribution is 6.30. The molecule has 144 valence electrons. The normalized spacial score (nSPS) is 16.1. The lowest BCUT2D eigenvalue weighted by Crippen LogP contribution is -2.37. The number of para-hydroxylation sites is 2. The lowest BCUT2D eigenvalue weighted by Gasteiger charge is -2.33. The van der Waals surface area contributed by atoms with Crippen LogP contribution in [-0.2, 0) is 4.79 Å². The summed E-state index contributed by atoms with van der Waals surface area (Å²) < 4.78 is 2.11. The van der Waals surface area contributed by atoms with Crippen molar-refractivity contribution in [1.29, 1.82) is 0 Å². The molecule has 0 fully saturated rings. The van der Waals surface area contributed by atoms with E-state index in [-0.39, 0.29) is 11.9 Å². The Labute approximate surface area is 169 Å². The Morgan fingerprint density at radius 1 is 1.14 bits per heavy atom. The number of amides is 1. The number of benzene rings is 2. The Hall–Kier alpha value is -2.79. The Kier molecular flexibility index (Phi) is 4.85. The zero-order valence-electron chi connectivity index (χ0n) is 16.2. The second kappa shape index (κ2) is 7.32. The van der Waals surface area contributed by atoms with Crippen LogP contribution in [0.3, 0.4) is 0 Å². The van der Waals surface area contributed by atoms with Gasteiger partial charge in [0.05, 0.1) is 22.6 Å². The van der Waals surface area contributed by atoms with Crippen molar-refractivity contribution in [3.05, 3.63) is 70.4 Å². The number of imidazole rings is 1. The molecule has 1 atom stereocenters. The second-order valence-corrected chi connectivity index (χ2v) is 7.33.